The maximum Gasteiger partial charge on any atom is 0.259 e. The van der Waals surface area contributed by atoms with Gasteiger partial charge < -0.3 is 19.5 Å². The molecule has 9 heteroatoms. The van der Waals surface area contributed by atoms with E-state index in [-0.39, 0.29) is 13.3 Å². The third-order valence-electron chi connectivity index (χ3n) is 4.16. The van der Waals surface area contributed by atoms with Gasteiger partial charge in [0.25, 0.3) is 11.8 Å². The van der Waals surface area contributed by atoms with Gasteiger partial charge in [0.1, 0.15) is 5.75 Å². The molecule has 0 aliphatic carbocycles. The van der Waals surface area contributed by atoms with Crippen LogP contribution in [0, 0.1) is 0 Å². The number of unbranched alkanes of at least 4 members (excludes halogenated alkanes) is 1. The summed E-state index contributed by atoms with van der Waals surface area (Å²) in [6.07, 6.45) is 3.49. The molecule has 2 aromatic rings. The lowest BCUT2D eigenvalue weighted by Gasteiger charge is -2.09. The van der Waals surface area contributed by atoms with Crippen LogP contribution in [-0.2, 0) is 4.79 Å². The minimum atomic E-state index is -0.455. The van der Waals surface area contributed by atoms with Crippen molar-refractivity contribution in [1.29, 1.82) is 0 Å². The number of hydrogen-bond acceptors (Lipinski definition) is 6. The first-order chi connectivity index (χ1) is 14.6. The average molecular weight is 476 g/mol. The highest BCUT2D eigenvalue weighted by Gasteiger charge is 2.16. The minimum absolute atomic E-state index is 0.129. The number of ether oxygens (including phenoxy) is 3. The first-order valence-corrected chi connectivity index (χ1v) is 10.3. The molecule has 1 aliphatic heterocycles. The van der Waals surface area contributed by atoms with E-state index in [2.05, 4.69) is 38.7 Å². The van der Waals surface area contributed by atoms with Crippen LogP contribution in [0.2, 0.25) is 0 Å². The quantitative estimate of drug-likeness (QED) is 0.329. The zero-order chi connectivity index (χ0) is 21.3. The second-order valence-corrected chi connectivity index (χ2v) is 7.34. The fourth-order valence-corrected chi connectivity index (χ4v) is 2.97. The largest absolute Gasteiger partial charge is 0.493 e. The fraction of sp³-hybridized carbons (Fsp3) is 0.286. The smallest absolute Gasteiger partial charge is 0.259 e. The number of hydrazone groups is 1. The molecule has 158 valence electrons. The number of nitrogens with zero attached hydrogens (tertiary/aromatic N) is 1. The van der Waals surface area contributed by atoms with Gasteiger partial charge in [0.2, 0.25) is 6.79 Å². The lowest BCUT2D eigenvalue weighted by Crippen LogP contribution is -2.34. The van der Waals surface area contributed by atoms with E-state index in [0.717, 1.165) is 22.9 Å². The maximum atomic E-state index is 12.2. The Kier molecular flexibility index (Phi) is 7.67. The van der Waals surface area contributed by atoms with Crippen LogP contribution in [-0.4, -0.2) is 38.0 Å². The van der Waals surface area contributed by atoms with Crippen molar-refractivity contribution < 1.29 is 23.8 Å². The molecule has 8 nitrogen and oxygen atoms in total. The molecule has 2 amide bonds. The van der Waals surface area contributed by atoms with Crippen LogP contribution in [0.1, 0.15) is 35.7 Å². The number of amides is 2. The topological polar surface area (TPSA) is 98.2 Å². The molecule has 0 fully saturated rings. The Morgan fingerprint density at radius 1 is 1.20 bits per heavy atom. The van der Waals surface area contributed by atoms with E-state index in [1.807, 2.05) is 18.2 Å². The van der Waals surface area contributed by atoms with Crippen LogP contribution < -0.4 is 25.0 Å². The van der Waals surface area contributed by atoms with Crippen LogP contribution in [0.5, 0.6) is 17.2 Å². The molecule has 0 saturated heterocycles. The van der Waals surface area contributed by atoms with Crippen molar-refractivity contribution in [3.8, 4) is 17.2 Å². The molecule has 0 aromatic heterocycles. The maximum absolute atomic E-state index is 12.2. The molecule has 0 bridgehead atoms. The Bertz CT molecular complexity index is 948. The van der Waals surface area contributed by atoms with Crippen LogP contribution in [0.4, 0.5) is 0 Å². The van der Waals surface area contributed by atoms with Gasteiger partial charge in [-0.1, -0.05) is 29.3 Å². The molecule has 0 spiro atoms. The molecule has 0 radical (unpaired) electrons. The van der Waals surface area contributed by atoms with Gasteiger partial charge in [0, 0.05) is 15.6 Å². The lowest BCUT2D eigenvalue weighted by molar-refractivity contribution is -0.120. The highest BCUT2D eigenvalue weighted by atomic mass is 79.9. The summed E-state index contributed by atoms with van der Waals surface area (Å²) in [7, 11) is 0. The molecule has 3 rings (SSSR count). The summed E-state index contributed by atoms with van der Waals surface area (Å²) in [6.45, 7) is 2.61. The van der Waals surface area contributed by atoms with Crippen molar-refractivity contribution in [3.05, 3.63) is 52.0 Å². The number of carbonyl (C=O) groups excluding carboxylic acids is 2. The summed E-state index contributed by atoms with van der Waals surface area (Å²) in [5, 5.41) is 6.50. The third-order valence-corrected chi connectivity index (χ3v) is 4.66. The molecule has 0 saturated carbocycles. The van der Waals surface area contributed by atoms with Crippen molar-refractivity contribution in [2.24, 2.45) is 5.10 Å². The number of rotatable bonds is 9. The van der Waals surface area contributed by atoms with Gasteiger partial charge in [0.15, 0.2) is 11.5 Å². The van der Waals surface area contributed by atoms with Crippen LogP contribution >= 0.6 is 15.9 Å². The van der Waals surface area contributed by atoms with Crippen LogP contribution in [0.25, 0.3) is 0 Å². The van der Waals surface area contributed by atoms with Gasteiger partial charge in [-0.05, 0) is 42.8 Å². The van der Waals surface area contributed by atoms with Crippen molar-refractivity contribution in [1.82, 2.24) is 10.7 Å². The number of benzene rings is 2. The van der Waals surface area contributed by atoms with Crippen molar-refractivity contribution >= 4 is 34.0 Å². The molecule has 2 aromatic carbocycles. The highest BCUT2D eigenvalue weighted by Crippen LogP contribution is 2.32. The van der Waals surface area contributed by atoms with Gasteiger partial charge in [-0.25, -0.2) is 5.43 Å². The highest BCUT2D eigenvalue weighted by molar-refractivity contribution is 9.10. The molecular formula is C21H22BrN3O5. The summed E-state index contributed by atoms with van der Waals surface area (Å²) in [6, 6.07) is 10.4. The lowest BCUT2D eigenvalue weighted by atomic mass is 10.2. The van der Waals surface area contributed by atoms with Gasteiger partial charge in [-0.15, -0.1) is 0 Å². The number of nitrogens with one attached hydrogen (secondary N) is 2. The summed E-state index contributed by atoms with van der Waals surface area (Å²) < 4.78 is 17.1. The summed E-state index contributed by atoms with van der Waals surface area (Å²) in [5.74, 6) is 0.919. The third kappa shape index (κ3) is 5.96. The molecule has 0 atom stereocenters. The van der Waals surface area contributed by atoms with Crippen molar-refractivity contribution in [2.45, 2.75) is 19.8 Å². The summed E-state index contributed by atoms with van der Waals surface area (Å²) in [5.41, 5.74) is 3.49. The van der Waals surface area contributed by atoms with E-state index in [1.54, 1.807) is 18.2 Å². The number of halogens is 1. The molecular weight excluding hydrogens is 454 g/mol. The SMILES string of the molecule is CCCCOc1ccc(Br)cc1/C=N/NC(=O)CNC(=O)c1ccc2c(c1)OCO2. The van der Waals surface area contributed by atoms with E-state index >= 15 is 0 Å². The predicted octanol–water partition coefficient (Wildman–Crippen LogP) is 3.24. The van der Waals surface area contributed by atoms with Crippen molar-refractivity contribution in [2.75, 3.05) is 19.9 Å². The monoisotopic (exact) mass is 475 g/mol. The van der Waals surface area contributed by atoms with Gasteiger partial charge in [-0.3, -0.25) is 9.59 Å². The zero-order valence-corrected chi connectivity index (χ0v) is 18.0. The van der Waals surface area contributed by atoms with Crippen LogP contribution in [0.3, 0.4) is 0 Å². The van der Waals surface area contributed by atoms with Gasteiger partial charge >= 0.3 is 0 Å². The Morgan fingerprint density at radius 2 is 2.03 bits per heavy atom. The first kappa shape index (κ1) is 21.6. The molecule has 30 heavy (non-hydrogen) atoms. The standard InChI is InChI=1S/C21H22BrN3O5/c1-2-3-8-28-17-7-5-16(22)9-15(17)11-24-25-20(26)12-23-21(27)14-4-6-18-19(10-14)30-13-29-18/h4-7,9-11H,2-3,8,12-13H2,1H3,(H,23,27)(H,25,26)/b24-11+. The Balaban J connectivity index is 1.50. The van der Waals surface area contributed by atoms with E-state index in [9.17, 15) is 9.59 Å². The number of hydrogen-bond donors (Lipinski definition) is 2. The predicted molar refractivity (Wildman–Crippen MR) is 115 cm³/mol. The Morgan fingerprint density at radius 3 is 2.87 bits per heavy atom. The molecule has 2 N–H and O–H groups in total. The molecule has 1 aliphatic rings. The van der Waals surface area contributed by atoms with E-state index in [1.165, 1.54) is 6.21 Å². The fourth-order valence-electron chi connectivity index (χ4n) is 2.59. The van der Waals surface area contributed by atoms with Gasteiger partial charge in [-0.2, -0.15) is 5.10 Å². The first-order valence-electron chi connectivity index (χ1n) is 9.49. The Labute approximate surface area is 182 Å². The number of fused-ring (bicyclic) bond motifs is 1. The second-order valence-electron chi connectivity index (χ2n) is 6.43. The van der Waals surface area contributed by atoms with Crippen LogP contribution in [0.15, 0.2) is 46.0 Å². The number of carbonyl (C=O) groups is 2. The summed E-state index contributed by atoms with van der Waals surface area (Å²) >= 11 is 3.41. The van der Waals surface area contributed by atoms with E-state index in [0.29, 0.717) is 29.4 Å². The normalized spacial score (nSPS) is 12.1. The summed E-state index contributed by atoms with van der Waals surface area (Å²) in [4.78, 5) is 24.2. The molecule has 1 heterocycles. The average Bonchev–Trinajstić information content (AvgIpc) is 3.21. The van der Waals surface area contributed by atoms with E-state index < -0.39 is 11.8 Å². The van der Waals surface area contributed by atoms with Gasteiger partial charge in [0.05, 0.1) is 19.4 Å². The molecule has 0 unspecified atom stereocenters. The second kappa shape index (κ2) is 10.6. The van der Waals surface area contributed by atoms with E-state index in [4.69, 9.17) is 14.2 Å². The minimum Gasteiger partial charge on any atom is -0.493 e. The zero-order valence-electron chi connectivity index (χ0n) is 16.4. The Hall–Kier alpha value is -3.07. The van der Waals surface area contributed by atoms with Crippen molar-refractivity contribution in [3.63, 3.8) is 0 Å².